The third kappa shape index (κ3) is 3.69. The second kappa shape index (κ2) is 5.16. The fourth-order valence-corrected chi connectivity index (χ4v) is 0.790. The molecule has 0 fully saturated rings. The number of hydrogen-bond acceptors (Lipinski definition) is 6. The summed E-state index contributed by atoms with van der Waals surface area (Å²) in [4.78, 5) is 22.5. The molecule has 0 aromatic carbocycles. The molecule has 0 saturated heterocycles. The van der Waals surface area contributed by atoms with Crippen LogP contribution in [0.1, 0.15) is 27.7 Å². The number of methoxy groups -OCH3 is 1. The minimum absolute atomic E-state index is 0.461. The molecule has 0 saturated carbocycles. The molecule has 0 heterocycles. The number of hydrogen-bond donors (Lipinski definition) is 1. The van der Waals surface area contributed by atoms with Crippen LogP contribution in [0.15, 0.2) is 10.2 Å². The lowest BCUT2D eigenvalue weighted by Crippen LogP contribution is -2.35. The Kier molecular flexibility index (Phi) is 4.74. The molecule has 0 unspecified atom stereocenters. The lowest BCUT2D eigenvalue weighted by molar-refractivity contribution is -0.146. The number of ketones is 1. The summed E-state index contributed by atoms with van der Waals surface area (Å²) in [7, 11) is 1.25. The van der Waals surface area contributed by atoms with Crippen LogP contribution in [0, 0.1) is 0 Å². The SMILES string of the molecule is COC(=O)C(C)(C)N=NC(C)(C)C(=O)CO. The van der Waals surface area contributed by atoms with Gasteiger partial charge < -0.3 is 9.84 Å². The van der Waals surface area contributed by atoms with Crippen LogP contribution in [0.25, 0.3) is 0 Å². The first-order chi connectivity index (χ1) is 7.17. The molecular weight excluding hydrogens is 212 g/mol. The first-order valence-electron chi connectivity index (χ1n) is 4.84. The van der Waals surface area contributed by atoms with Crippen molar-refractivity contribution in [2.24, 2.45) is 10.2 Å². The molecule has 6 heteroatoms. The molecule has 0 amide bonds. The van der Waals surface area contributed by atoms with Crippen molar-refractivity contribution in [2.75, 3.05) is 13.7 Å². The Hall–Kier alpha value is -1.30. The fraction of sp³-hybridized carbons (Fsp3) is 0.800. The van der Waals surface area contributed by atoms with Crippen molar-refractivity contribution in [1.29, 1.82) is 0 Å². The Morgan fingerprint density at radius 1 is 1.12 bits per heavy atom. The van der Waals surface area contributed by atoms with Gasteiger partial charge in [-0.1, -0.05) is 0 Å². The summed E-state index contributed by atoms with van der Waals surface area (Å²) in [6.07, 6.45) is 0. The normalized spacial score (nSPS) is 12.9. The third-order valence-corrected chi connectivity index (χ3v) is 2.06. The zero-order valence-corrected chi connectivity index (χ0v) is 10.3. The molecule has 0 aliphatic heterocycles. The summed E-state index contributed by atoms with van der Waals surface area (Å²) in [6, 6.07) is 0. The molecule has 0 bridgehead atoms. The summed E-state index contributed by atoms with van der Waals surface area (Å²) >= 11 is 0. The Labute approximate surface area is 94.7 Å². The highest BCUT2D eigenvalue weighted by molar-refractivity contribution is 5.88. The molecule has 0 radical (unpaired) electrons. The van der Waals surface area contributed by atoms with E-state index in [-0.39, 0.29) is 0 Å². The average molecular weight is 230 g/mol. The van der Waals surface area contributed by atoms with Crippen LogP contribution in [0.3, 0.4) is 0 Å². The van der Waals surface area contributed by atoms with Crippen LogP contribution < -0.4 is 0 Å². The van der Waals surface area contributed by atoms with Crippen molar-refractivity contribution >= 4 is 11.8 Å². The summed E-state index contributed by atoms with van der Waals surface area (Å²) in [5.74, 6) is -1.000. The summed E-state index contributed by atoms with van der Waals surface area (Å²) in [5.41, 5.74) is -2.28. The van der Waals surface area contributed by atoms with Crippen LogP contribution in [-0.4, -0.2) is 41.7 Å². The van der Waals surface area contributed by atoms with E-state index in [0.717, 1.165) is 0 Å². The summed E-state index contributed by atoms with van der Waals surface area (Å²) in [5, 5.41) is 16.3. The van der Waals surface area contributed by atoms with Crippen molar-refractivity contribution in [3.63, 3.8) is 0 Å². The van der Waals surface area contributed by atoms with Crippen LogP contribution in [0.5, 0.6) is 0 Å². The van der Waals surface area contributed by atoms with E-state index in [4.69, 9.17) is 5.11 Å². The maximum Gasteiger partial charge on any atom is 0.335 e. The Balaban J connectivity index is 4.84. The van der Waals surface area contributed by atoms with Crippen LogP contribution in [0.2, 0.25) is 0 Å². The highest BCUT2D eigenvalue weighted by Gasteiger charge is 2.32. The van der Waals surface area contributed by atoms with Gasteiger partial charge in [0.25, 0.3) is 0 Å². The second-order valence-corrected chi connectivity index (χ2v) is 4.39. The molecule has 92 valence electrons. The average Bonchev–Trinajstić information content (AvgIpc) is 2.24. The van der Waals surface area contributed by atoms with E-state index in [1.54, 1.807) is 0 Å². The molecule has 0 aromatic heterocycles. The Morgan fingerprint density at radius 3 is 1.94 bits per heavy atom. The lowest BCUT2D eigenvalue weighted by atomic mass is 10.0. The van der Waals surface area contributed by atoms with E-state index < -0.39 is 29.4 Å². The number of carbonyl (C=O) groups is 2. The monoisotopic (exact) mass is 230 g/mol. The predicted octanol–water partition coefficient (Wildman–Crippen LogP) is 0.730. The van der Waals surface area contributed by atoms with Gasteiger partial charge in [0.2, 0.25) is 0 Å². The molecule has 0 aromatic rings. The predicted molar refractivity (Wildman–Crippen MR) is 57.1 cm³/mol. The highest BCUT2D eigenvalue weighted by Crippen LogP contribution is 2.17. The highest BCUT2D eigenvalue weighted by atomic mass is 16.5. The minimum atomic E-state index is -1.14. The van der Waals surface area contributed by atoms with Gasteiger partial charge in [0, 0.05) is 0 Å². The van der Waals surface area contributed by atoms with Crippen molar-refractivity contribution in [3.05, 3.63) is 0 Å². The number of rotatable bonds is 5. The molecule has 0 aliphatic rings. The number of aliphatic hydroxyl groups excluding tert-OH is 1. The maximum atomic E-state index is 11.3. The number of carbonyl (C=O) groups excluding carboxylic acids is 2. The molecule has 16 heavy (non-hydrogen) atoms. The van der Waals surface area contributed by atoms with Gasteiger partial charge in [-0.05, 0) is 27.7 Å². The van der Waals surface area contributed by atoms with E-state index in [1.807, 2.05) is 0 Å². The van der Waals surface area contributed by atoms with E-state index in [0.29, 0.717) is 0 Å². The molecular formula is C10H18N2O4. The Morgan fingerprint density at radius 2 is 1.56 bits per heavy atom. The number of esters is 1. The van der Waals surface area contributed by atoms with Gasteiger partial charge in [-0.3, -0.25) is 4.79 Å². The molecule has 1 N–H and O–H groups in total. The van der Waals surface area contributed by atoms with Crippen LogP contribution in [0.4, 0.5) is 0 Å². The smallest absolute Gasteiger partial charge is 0.335 e. The summed E-state index contributed by atoms with van der Waals surface area (Å²) in [6.45, 7) is 5.49. The van der Waals surface area contributed by atoms with Gasteiger partial charge in [-0.15, -0.1) is 0 Å². The molecule has 0 atom stereocenters. The topological polar surface area (TPSA) is 88.3 Å². The minimum Gasteiger partial charge on any atom is -0.467 e. The standard InChI is InChI=1S/C10H18N2O4/c1-9(2,7(14)6-13)11-12-10(3,4)8(15)16-5/h13H,6H2,1-5H3. The van der Waals surface area contributed by atoms with Crippen LogP contribution in [-0.2, 0) is 14.3 Å². The second-order valence-electron chi connectivity index (χ2n) is 4.39. The number of azo groups is 1. The number of aliphatic hydroxyl groups is 1. The molecule has 0 rings (SSSR count). The van der Waals surface area contributed by atoms with Gasteiger partial charge in [-0.2, -0.15) is 10.2 Å². The largest absolute Gasteiger partial charge is 0.467 e. The van der Waals surface area contributed by atoms with Gasteiger partial charge in [-0.25, -0.2) is 4.79 Å². The lowest BCUT2D eigenvalue weighted by Gasteiger charge is -2.19. The number of nitrogens with zero attached hydrogens (tertiary/aromatic N) is 2. The zero-order valence-electron chi connectivity index (χ0n) is 10.3. The van der Waals surface area contributed by atoms with Crippen molar-refractivity contribution < 1.29 is 19.4 Å². The first kappa shape index (κ1) is 14.7. The maximum absolute atomic E-state index is 11.3. The number of ether oxygens (including phenoxy) is 1. The quantitative estimate of drug-likeness (QED) is 0.557. The molecule has 6 nitrogen and oxygen atoms in total. The fourth-order valence-electron chi connectivity index (χ4n) is 0.790. The van der Waals surface area contributed by atoms with Gasteiger partial charge in [0.1, 0.15) is 12.1 Å². The van der Waals surface area contributed by atoms with Crippen LogP contribution >= 0.6 is 0 Å². The first-order valence-corrected chi connectivity index (χ1v) is 4.84. The molecule has 0 spiro atoms. The van der Waals surface area contributed by atoms with Crippen molar-refractivity contribution in [3.8, 4) is 0 Å². The van der Waals surface area contributed by atoms with E-state index in [9.17, 15) is 9.59 Å². The van der Waals surface area contributed by atoms with Crippen molar-refractivity contribution in [2.45, 2.75) is 38.8 Å². The van der Waals surface area contributed by atoms with E-state index in [2.05, 4.69) is 15.0 Å². The zero-order chi connectivity index (χ0) is 13.0. The van der Waals surface area contributed by atoms with Gasteiger partial charge >= 0.3 is 5.97 Å². The molecule has 0 aliphatic carbocycles. The van der Waals surface area contributed by atoms with E-state index in [1.165, 1.54) is 34.8 Å². The Bertz CT molecular complexity index is 278. The van der Waals surface area contributed by atoms with Gasteiger partial charge in [0.15, 0.2) is 11.3 Å². The third-order valence-electron chi connectivity index (χ3n) is 2.06. The van der Waals surface area contributed by atoms with Gasteiger partial charge in [0.05, 0.1) is 7.11 Å². The summed E-state index contributed by atoms with van der Waals surface area (Å²) < 4.78 is 4.54. The number of Topliss-reactive ketones (excluding diaryl/α,β-unsaturated/α-hetero) is 1. The van der Waals surface area contributed by atoms with Crippen molar-refractivity contribution in [1.82, 2.24) is 0 Å². The van der Waals surface area contributed by atoms with E-state index >= 15 is 0 Å².